The summed E-state index contributed by atoms with van der Waals surface area (Å²) in [5.41, 5.74) is -1.73. The van der Waals surface area contributed by atoms with E-state index in [-0.39, 0.29) is 35.7 Å². The van der Waals surface area contributed by atoms with Crippen LogP contribution in [0.15, 0.2) is 23.3 Å². The van der Waals surface area contributed by atoms with Crippen molar-refractivity contribution in [2.24, 2.45) is 28.6 Å². The molecule has 5 rings (SSSR count). The van der Waals surface area contributed by atoms with Crippen LogP contribution in [0.2, 0.25) is 0 Å². The van der Waals surface area contributed by atoms with E-state index in [1.807, 2.05) is 32.9 Å². The monoisotopic (exact) mass is 545 g/mol. The van der Waals surface area contributed by atoms with E-state index in [0.29, 0.717) is 18.8 Å². The Kier molecular flexibility index (Phi) is 7.14. The summed E-state index contributed by atoms with van der Waals surface area (Å²) in [5, 5.41) is 13.2. The van der Waals surface area contributed by atoms with E-state index in [2.05, 4.69) is 27.7 Å². The van der Waals surface area contributed by atoms with E-state index >= 15 is 0 Å². The number of fused-ring (bicyclic) bond motifs is 3. The van der Waals surface area contributed by atoms with Crippen molar-refractivity contribution in [1.29, 1.82) is 0 Å². The van der Waals surface area contributed by atoms with E-state index in [4.69, 9.17) is 18.9 Å². The van der Waals surface area contributed by atoms with Crippen LogP contribution in [-0.2, 0) is 23.7 Å². The Morgan fingerprint density at radius 3 is 2.46 bits per heavy atom. The Hall–Kier alpha value is -1.74. The lowest BCUT2D eigenvalue weighted by atomic mass is 9.54. The molecule has 3 fully saturated rings. The summed E-state index contributed by atoms with van der Waals surface area (Å²) in [4.78, 5) is 30.1. The molecule has 0 aromatic heterocycles. The SMILES string of the molecule is CC1=C[C@]23C(=O)[C@@H](C=C4COC(C)(C)O[C@H]4[C@]2(O)[C@H]1OC(=O)N(C)C1CCOCC1)[C@@H](C)C(C)(C)CC[C@H]3C. The first-order valence-electron chi connectivity index (χ1n) is 14.7. The Bertz CT molecular complexity index is 1070. The van der Waals surface area contributed by atoms with Crippen LogP contribution in [0.1, 0.15) is 74.1 Å². The number of amides is 1. The predicted octanol–water partition coefficient (Wildman–Crippen LogP) is 4.65. The van der Waals surface area contributed by atoms with E-state index in [9.17, 15) is 14.7 Å². The number of carbonyl (C=O) groups is 2. The maximum atomic E-state index is 14.9. The van der Waals surface area contributed by atoms with Crippen molar-refractivity contribution in [3.05, 3.63) is 23.3 Å². The molecule has 1 amide bonds. The van der Waals surface area contributed by atoms with Crippen LogP contribution in [-0.4, -0.2) is 78.4 Å². The highest BCUT2D eigenvalue weighted by molar-refractivity contribution is 5.94. The van der Waals surface area contributed by atoms with Crippen LogP contribution in [0, 0.1) is 28.6 Å². The zero-order valence-corrected chi connectivity index (χ0v) is 24.9. The number of allylic oxidation sites excluding steroid dienone is 1. The molecular formula is C31H47NO7. The van der Waals surface area contributed by atoms with Crippen molar-refractivity contribution in [3.8, 4) is 0 Å². The van der Waals surface area contributed by atoms with Gasteiger partial charge in [-0.3, -0.25) is 4.79 Å². The lowest BCUT2D eigenvalue weighted by molar-refractivity contribution is -0.303. The lowest BCUT2D eigenvalue weighted by Gasteiger charge is -2.54. The van der Waals surface area contributed by atoms with E-state index in [1.54, 1.807) is 11.9 Å². The van der Waals surface area contributed by atoms with Gasteiger partial charge in [-0.1, -0.05) is 39.8 Å². The number of hydrogen-bond acceptors (Lipinski definition) is 7. The van der Waals surface area contributed by atoms with Crippen molar-refractivity contribution in [1.82, 2.24) is 4.90 Å². The standard InChI is InChI=1S/C31H47NO7/c1-18-16-30-19(2)9-12-28(4,5)20(3)23(24(30)33)15-21-17-37-29(6,7)39-26(21)31(30,35)25(18)38-27(34)32(8)22-10-13-36-14-11-22/h15-16,19-20,22-23,25-26,35H,9-14,17H2,1-8H3/t19-,20-,23+,25+,26-,30+,31-/m1/s1. The van der Waals surface area contributed by atoms with Crippen LogP contribution in [0.4, 0.5) is 4.79 Å². The summed E-state index contributed by atoms with van der Waals surface area (Å²) in [5.74, 6) is -1.58. The van der Waals surface area contributed by atoms with Gasteiger partial charge in [0.2, 0.25) is 0 Å². The number of ether oxygens (including phenoxy) is 4. The molecule has 7 atom stereocenters. The van der Waals surface area contributed by atoms with Crippen LogP contribution >= 0.6 is 0 Å². The lowest BCUT2D eigenvalue weighted by Crippen LogP contribution is -2.69. The van der Waals surface area contributed by atoms with Gasteiger partial charge in [-0.05, 0) is 74.9 Å². The molecular weight excluding hydrogens is 498 g/mol. The Balaban J connectivity index is 1.63. The number of rotatable bonds is 2. The Morgan fingerprint density at radius 1 is 1.13 bits per heavy atom. The first-order valence-corrected chi connectivity index (χ1v) is 14.7. The summed E-state index contributed by atoms with van der Waals surface area (Å²) in [6.45, 7) is 15.6. The third-order valence-electron chi connectivity index (χ3n) is 10.8. The van der Waals surface area contributed by atoms with Crippen molar-refractivity contribution < 1.29 is 33.6 Å². The molecule has 2 saturated heterocycles. The third-order valence-corrected chi connectivity index (χ3v) is 10.8. The maximum absolute atomic E-state index is 14.9. The minimum absolute atomic E-state index is 0.00203. The molecule has 2 aliphatic heterocycles. The van der Waals surface area contributed by atoms with Gasteiger partial charge < -0.3 is 29.0 Å². The average molecular weight is 546 g/mol. The van der Waals surface area contributed by atoms with Gasteiger partial charge in [-0.25, -0.2) is 4.79 Å². The van der Waals surface area contributed by atoms with E-state index in [0.717, 1.165) is 31.3 Å². The largest absolute Gasteiger partial charge is 0.438 e. The molecule has 0 radical (unpaired) electrons. The second-order valence-electron chi connectivity index (χ2n) is 13.8. The number of Topliss-reactive ketones (excluding diaryl/α,β-unsaturated/α-hetero) is 1. The first-order chi connectivity index (χ1) is 18.2. The van der Waals surface area contributed by atoms with Crippen LogP contribution in [0.3, 0.4) is 0 Å². The number of aliphatic hydroxyl groups is 1. The van der Waals surface area contributed by atoms with E-state index in [1.165, 1.54) is 0 Å². The van der Waals surface area contributed by atoms with Crippen molar-refractivity contribution in [3.63, 3.8) is 0 Å². The Labute approximate surface area is 233 Å². The molecule has 0 unspecified atom stereocenters. The molecule has 0 aromatic carbocycles. The second-order valence-corrected chi connectivity index (χ2v) is 13.8. The Morgan fingerprint density at radius 2 is 1.79 bits per heavy atom. The maximum Gasteiger partial charge on any atom is 0.410 e. The molecule has 8 heteroatoms. The molecule has 8 nitrogen and oxygen atoms in total. The van der Waals surface area contributed by atoms with Gasteiger partial charge in [0.25, 0.3) is 0 Å². The fourth-order valence-electron chi connectivity index (χ4n) is 7.82. The second kappa shape index (κ2) is 9.68. The van der Waals surface area contributed by atoms with Crippen LogP contribution in [0.25, 0.3) is 0 Å². The number of carbonyl (C=O) groups excluding carboxylic acids is 2. The summed E-state index contributed by atoms with van der Waals surface area (Å²) < 4.78 is 24.3. The van der Waals surface area contributed by atoms with Crippen molar-refractivity contribution >= 4 is 11.9 Å². The molecule has 39 heavy (non-hydrogen) atoms. The van der Waals surface area contributed by atoms with Crippen LogP contribution in [0.5, 0.6) is 0 Å². The minimum Gasteiger partial charge on any atom is -0.438 e. The van der Waals surface area contributed by atoms with Gasteiger partial charge in [0.1, 0.15) is 6.10 Å². The molecule has 2 bridgehead atoms. The number of hydrogen-bond donors (Lipinski definition) is 1. The van der Waals surface area contributed by atoms with Gasteiger partial charge in [-0.15, -0.1) is 0 Å². The summed E-state index contributed by atoms with van der Waals surface area (Å²) in [6, 6.07) is -0.00203. The molecule has 1 N–H and O–H groups in total. The quantitative estimate of drug-likeness (QED) is 0.505. The van der Waals surface area contributed by atoms with Crippen LogP contribution < -0.4 is 0 Å². The highest BCUT2D eigenvalue weighted by atomic mass is 16.7. The number of nitrogens with zero attached hydrogens (tertiary/aromatic N) is 1. The van der Waals surface area contributed by atoms with Crippen molar-refractivity contribution in [2.45, 2.75) is 104 Å². The minimum atomic E-state index is -1.82. The number of ketones is 1. The fraction of sp³-hybridized carbons (Fsp3) is 0.806. The van der Waals surface area contributed by atoms with Gasteiger partial charge >= 0.3 is 6.09 Å². The average Bonchev–Trinajstić information content (AvgIpc) is 3.08. The highest BCUT2D eigenvalue weighted by Crippen LogP contribution is 2.62. The summed E-state index contributed by atoms with van der Waals surface area (Å²) in [6.07, 6.45) is 4.64. The normalized spacial score (nSPS) is 41.7. The first kappa shape index (κ1) is 28.8. The molecule has 5 aliphatic rings. The smallest absolute Gasteiger partial charge is 0.410 e. The topological polar surface area (TPSA) is 94.5 Å². The third kappa shape index (κ3) is 4.32. The zero-order chi connectivity index (χ0) is 28.5. The fourth-order valence-corrected chi connectivity index (χ4v) is 7.82. The van der Waals surface area contributed by atoms with Crippen molar-refractivity contribution in [2.75, 3.05) is 26.9 Å². The molecule has 1 spiro atoms. The molecule has 1 saturated carbocycles. The molecule has 218 valence electrons. The zero-order valence-electron chi connectivity index (χ0n) is 24.9. The summed E-state index contributed by atoms with van der Waals surface area (Å²) in [7, 11) is 1.74. The van der Waals surface area contributed by atoms with Gasteiger partial charge in [-0.2, -0.15) is 0 Å². The molecule has 0 aromatic rings. The predicted molar refractivity (Wildman–Crippen MR) is 146 cm³/mol. The van der Waals surface area contributed by atoms with Gasteiger partial charge in [0.05, 0.1) is 12.0 Å². The molecule has 2 heterocycles. The molecule has 3 aliphatic carbocycles. The van der Waals surface area contributed by atoms with Gasteiger partial charge in [0.15, 0.2) is 23.3 Å². The summed E-state index contributed by atoms with van der Waals surface area (Å²) >= 11 is 0. The highest BCUT2D eigenvalue weighted by Gasteiger charge is 2.73. The van der Waals surface area contributed by atoms with Gasteiger partial charge in [0, 0.05) is 32.2 Å². The van der Waals surface area contributed by atoms with E-state index < -0.39 is 41.0 Å².